The number of carbonyl (C=O) groups is 2. The summed E-state index contributed by atoms with van der Waals surface area (Å²) in [6.45, 7) is 2.71. The van der Waals surface area contributed by atoms with Crippen molar-refractivity contribution in [1.29, 1.82) is 0 Å². The number of benzene rings is 2. The molecule has 0 fully saturated rings. The summed E-state index contributed by atoms with van der Waals surface area (Å²) in [5.74, 6) is -0.153. The lowest BCUT2D eigenvalue weighted by molar-refractivity contribution is -0.116. The van der Waals surface area contributed by atoms with E-state index in [4.69, 9.17) is 9.47 Å². The highest BCUT2D eigenvalue weighted by Gasteiger charge is 2.34. The molecule has 4 rings (SSSR count). The molecule has 0 bridgehead atoms. The molecule has 6 nitrogen and oxygen atoms in total. The Hall–Kier alpha value is -3.32. The summed E-state index contributed by atoms with van der Waals surface area (Å²) in [5.41, 5.74) is 2.80. The molecule has 1 amide bonds. The molecule has 1 unspecified atom stereocenters. The zero-order valence-corrected chi connectivity index (χ0v) is 18.8. The van der Waals surface area contributed by atoms with Gasteiger partial charge in [-0.2, -0.15) is 0 Å². The van der Waals surface area contributed by atoms with Crippen LogP contribution < -0.4 is 14.8 Å². The molecule has 166 valence electrons. The molecule has 2 heterocycles. The molecule has 0 radical (unpaired) electrons. The topological polar surface area (TPSA) is 84.9 Å². The molecule has 1 aromatic heterocycles. The molecule has 0 spiro atoms. The summed E-state index contributed by atoms with van der Waals surface area (Å²) >= 11 is 1.22. The van der Waals surface area contributed by atoms with Crippen LogP contribution in [0.1, 0.15) is 52.2 Å². The number of fused-ring (bicyclic) bond motifs is 1. The lowest BCUT2D eigenvalue weighted by Crippen LogP contribution is -2.22. The number of thiophene rings is 1. The van der Waals surface area contributed by atoms with Gasteiger partial charge in [-0.25, -0.2) is 4.79 Å². The number of hydrogen-bond acceptors (Lipinski definition) is 5. The minimum Gasteiger partial charge on any atom is -0.493 e. The normalized spacial score (nSPS) is 15.1. The van der Waals surface area contributed by atoms with E-state index >= 15 is 0 Å². The SMILES string of the molecule is CCCCOc1ccc(C2CC(=O)Nc3c2sc(C(=O)O)c3-c2ccccc2)cc1OC. The quantitative estimate of drug-likeness (QED) is 0.425. The van der Waals surface area contributed by atoms with Crippen molar-refractivity contribution in [3.8, 4) is 22.6 Å². The summed E-state index contributed by atoms with van der Waals surface area (Å²) in [4.78, 5) is 25.8. The molecule has 3 aromatic rings. The average molecular weight is 452 g/mol. The third kappa shape index (κ3) is 4.21. The van der Waals surface area contributed by atoms with Crippen molar-refractivity contribution in [3.63, 3.8) is 0 Å². The standard InChI is InChI=1S/C25H25NO5S/c1-3-4-12-31-18-11-10-16(13-19(18)30-2)17-14-20(27)26-22-21(15-8-6-5-7-9-15)24(25(28)29)32-23(17)22/h5-11,13,17H,3-4,12,14H2,1-2H3,(H,26,27)(H,28,29). The maximum absolute atomic E-state index is 12.7. The Morgan fingerprint density at radius 1 is 1.19 bits per heavy atom. The van der Waals surface area contributed by atoms with Crippen LogP contribution in [-0.2, 0) is 4.79 Å². The molecule has 2 aromatic carbocycles. The summed E-state index contributed by atoms with van der Waals surface area (Å²) in [7, 11) is 1.59. The lowest BCUT2D eigenvalue weighted by atomic mass is 9.88. The van der Waals surface area contributed by atoms with Gasteiger partial charge in [0.2, 0.25) is 5.91 Å². The number of ether oxygens (including phenoxy) is 2. The van der Waals surface area contributed by atoms with E-state index in [-0.39, 0.29) is 23.1 Å². The molecule has 0 saturated heterocycles. The smallest absolute Gasteiger partial charge is 0.346 e. The zero-order chi connectivity index (χ0) is 22.7. The Bertz CT molecular complexity index is 1140. The van der Waals surface area contributed by atoms with E-state index < -0.39 is 5.97 Å². The van der Waals surface area contributed by atoms with Crippen LogP contribution in [0, 0.1) is 0 Å². The minimum absolute atomic E-state index is 0.142. The van der Waals surface area contributed by atoms with E-state index in [1.165, 1.54) is 11.3 Å². The van der Waals surface area contributed by atoms with Crippen LogP contribution in [0.25, 0.3) is 11.1 Å². The number of carboxylic acids is 1. The zero-order valence-electron chi connectivity index (χ0n) is 18.0. The number of rotatable bonds is 8. The third-order valence-corrected chi connectivity index (χ3v) is 6.80. The van der Waals surface area contributed by atoms with Crippen molar-refractivity contribution in [2.45, 2.75) is 32.1 Å². The van der Waals surface area contributed by atoms with Crippen LogP contribution in [0.2, 0.25) is 0 Å². The van der Waals surface area contributed by atoms with Gasteiger partial charge in [-0.05, 0) is 29.7 Å². The molecule has 1 aliphatic rings. The van der Waals surface area contributed by atoms with Crippen molar-refractivity contribution in [2.24, 2.45) is 0 Å². The molecule has 0 saturated carbocycles. The van der Waals surface area contributed by atoms with E-state index in [1.807, 2.05) is 48.5 Å². The first-order valence-corrected chi connectivity index (χ1v) is 11.4. The minimum atomic E-state index is -1.01. The Kier molecular flexibility index (Phi) is 6.46. The number of unbranched alkanes of at least 4 members (excludes halogenated alkanes) is 1. The molecule has 2 N–H and O–H groups in total. The summed E-state index contributed by atoms with van der Waals surface area (Å²) in [6, 6.07) is 15.0. The van der Waals surface area contributed by atoms with Crippen molar-refractivity contribution in [1.82, 2.24) is 0 Å². The first-order valence-electron chi connectivity index (χ1n) is 10.6. The van der Waals surface area contributed by atoms with Gasteiger partial charge in [-0.1, -0.05) is 49.7 Å². The first-order chi connectivity index (χ1) is 15.5. The number of anilines is 1. The third-order valence-electron chi connectivity index (χ3n) is 5.51. The van der Waals surface area contributed by atoms with Crippen LogP contribution in [0.3, 0.4) is 0 Å². The fourth-order valence-corrected chi connectivity index (χ4v) is 5.18. The number of carboxylic acid groups (broad SMARTS) is 1. The van der Waals surface area contributed by atoms with Gasteiger partial charge in [0.05, 0.1) is 19.4 Å². The second kappa shape index (κ2) is 9.44. The fourth-order valence-electron chi connectivity index (χ4n) is 3.93. The number of aromatic carboxylic acids is 1. The van der Waals surface area contributed by atoms with Crippen LogP contribution in [0.15, 0.2) is 48.5 Å². The van der Waals surface area contributed by atoms with E-state index in [0.717, 1.165) is 28.8 Å². The van der Waals surface area contributed by atoms with Crippen LogP contribution in [-0.4, -0.2) is 30.7 Å². The van der Waals surface area contributed by atoms with E-state index in [0.29, 0.717) is 29.4 Å². The first kappa shape index (κ1) is 21.9. The molecule has 7 heteroatoms. The van der Waals surface area contributed by atoms with Crippen molar-refractivity contribution >= 4 is 28.9 Å². The van der Waals surface area contributed by atoms with Crippen molar-refractivity contribution in [2.75, 3.05) is 19.0 Å². The molecule has 1 aliphatic heterocycles. The van der Waals surface area contributed by atoms with Crippen molar-refractivity contribution < 1.29 is 24.2 Å². The van der Waals surface area contributed by atoms with Gasteiger partial charge in [0.25, 0.3) is 0 Å². The highest BCUT2D eigenvalue weighted by molar-refractivity contribution is 7.15. The predicted molar refractivity (Wildman–Crippen MR) is 125 cm³/mol. The maximum atomic E-state index is 12.7. The maximum Gasteiger partial charge on any atom is 0.346 e. The number of amides is 1. The van der Waals surface area contributed by atoms with E-state index in [1.54, 1.807) is 7.11 Å². The largest absolute Gasteiger partial charge is 0.493 e. The second-order valence-corrected chi connectivity index (χ2v) is 8.69. The van der Waals surface area contributed by atoms with Gasteiger partial charge in [0, 0.05) is 22.8 Å². The molecule has 0 aliphatic carbocycles. The molecule has 1 atom stereocenters. The lowest BCUT2D eigenvalue weighted by Gasteiger charge is -2.24. The molecular formula is C25H25NO5S. The number of nitrogens with one attached hydrogen (secondary N) is 1. The Balaban J connectivity index is 1.79. The van der Waals surface area contributed by atoms with Gasteiger partial charge in [-0.3, -0.25) is 4.79 Å². The van der Waals surface area contributed by atoms with Gasteiger partial charge in [0.1, 0.15) is 4.88 Å². The van der Waals surface area contributed by atoms with Crippen LogP contribution in [0.4, 0.5) is 5.69 Å². The number of carbonyl (C=O) groups excluding carboxylic acids is 1. The monoisotopic (exact) mass is 451 g/mol. The Morgan fingerprint density at radius 2 is 1.97 bits per heavy atom. The highest BCUT2D eigenvalue weighted by atomic mass is 32.1. The second-order valence-electron chi connectivity index (χ2n) is 7.63. The van der Waals surface area contributed by atoms with Gasteiger partial charge < -0.3 is 19.9 Å². The molecule has 32 heavy (non-hydrogen) atoms. The molecular weight excluding hydrogens is 426 g/mol. The van der Waals surface area contributed by atoms with Crippen LogP contribution in [0.5, 0.6) is 11.5 Å². The average Bonchev–Trinajstić information content (AvgIpc) is 3.19. The summed E-state index contributed by atoms with van der Waals surface area (Å²) in [5, 5.41) is 12.8. The number of methoxy groups -OCH3 is 1. The highest BCUT2D eigenvalue weighted by Crippen LogP contribution is 2.50. The van der Waals surface area contributed by atoms with Crippen LogP contribution >= 0.6 is 11.3 Å². The summed E-state index contributed by atoms with van der Waals surface area (Å²) in [6.07, 6.45) is 2.22. The van der Waals surface area contributed by atoms with Crippen molar-refractivity contribution in [3.05, 3.63) is 63.8 Å². The van der Waals surface area contributed by atoms with Gasteiger partial charge >= 0.3 is 5.97 Å². The fraction of sp³-hybridized carbons (Fsp3) is 0.280. The summed E-state index contributed by atoms with van der Waals surface area (Å²) < 4.78 is 11.4. The van der Waals surface area contributed by atoms with E-state index in [9.17, 15) is 14.7 Å². The Morgan fingerprint density at radius 3 is 2.66 bits per heavy atom. The Labute approximate surface area is 190 Å². The predicted octanol–water partition coefficient (Wildman–Crippen LogP) is 5.77. The van der Waals surface area contributed by atoms with Gasteiger partial charge in [0.15, 0.2) is 11.5 Å². The van der Waals surface area contributed by atoms with Gasteiger partial charge in [-0.15, -0.1) is 11.3 Å². The van der Waals surface area contributed by atoms with E-state index in [2.05, 4.69) is 12.2 Å². The number of hydrogen-bond donors (Lipinski definition) is 2.